The number of carbonyl (C=O) groups is 1. The van der Waals surface area contributed by atoms with Crippen molar-refractivity contribution in [2.75, 3.05) is 5.32 Å². The number of anilines is 1. The van der Waals surface area contributed by atoms with Gasteiger partial charge in [0.15, 0.2) is 0 Å². The second-order valence-electron chi connectivity index (χ2n) is 5.98. The zero-order valence-corrected chi connectivity index (χ0v) is 14.5. The van der Waals surface area contributed by atoms with E-state index in [-0.39, 0.29) is 12.1 Å². The minimum Gasteiger partial charge on any atom is -0.330 e. The van der Waals surface area contributed by atoms with Gasteiger partial charge in [0.2, 0.25) is 0 Å². The molecule has 0 saturated carbocycles. The number of urea groups is 1. The monoisotopic (exact) mass is 335 g/mol. The number of nitrogens with zero attached hydrogens (tertiary/aromatic N) is 3. The molecule has 3 aromatic rings. The van der Waals surface area contributed by atoms with E-state index >= 15 is 0 Å². The number of amides is 2. The molecule has 0 spiro atoms. The normalized spacial score (nSPS) is 11.8. The van der Waals surface area contributed by atoms with Gasteiger partial charge in [-0.3, -0.25) is 4.98 Å². The average Bonchev–Trinajstić information content (AvgIpc) is 3.04. The summed E-state index contributed by atoms with van der Waals surface area (Å²) in [7, 11) is 0. The minimum absolute atomic E-state index is 0.214. The van der Waals surface area contributed by atoms with Gasteiger partial charge in [-0.15, -0.1) is 0 Å². The van der Waals surface area contributed by atoms with Crippen LogP contribution < -0.4 is 10.6 Å². The van der Waals surface area contributed by atoms with E-state index in [4.69, 9.17) is 0 Å². The number of carbonyl (C=O) groups excluding carboxylic acids is 1. The third kappa shape index (κ3) is 4.23. The van der Waals surface area contributed by atoms with Crippen molar-refractivity contribution in [3.05, 3.63) is 71.8 Å². The molecule has 2 N–H and O–H groups in total. The van der Waals surface area contributed by atoms with Gasteiger partial charge >= 0.3 is 6.03 Å². The minimum atomic E-state index is -0.272. The van der Waals surface area contributed by atoms with Crippen LogP contribution in [-0.2, 0) is 0 Å². The molecule has 0 aliphatic heterocycles. The number of para-hydroxylation sites is 1. The Morgan fingerprint density at radius 2 is 1.76 bits per heavy atom. The highest BCUT2D eigenvalue weighted by Gasteiger charge is 2.13. The first-order chi connectivity index (χ1) is 12.0. The predicted molar refractivity (Wildman–Crippen MR) is 97.8 cm³/mol. The quantitative estimate of drug-likeness (QED) is 0.762. The van der Waals surface area contributed by atoms with Crippen LogP contribution in [0.1, 0.15) is 30.0 Å². The first kappa shape index (κ1) is 16.7. The van der Waals surface area contributed by atoms with Crippen molar-refractivity contribution in [1.29, 1.82) is 0 Å². The molecule has 6 nitrogen and oxygen atoms in total. The van der Waals surface area contributed by atoms with E-state index in [1.165, 1.54) is 0 Å². The summed E-state index contributed by atoms with van der Waals surface area (Å²) >= 11 is 0. The topological polar surface area (TPSA) is 71.8 Å². The van der Waals surface area contributed by atoms with E-state index in [1.54, 1.807) is 4.68 Å². The van der Waals surface area contributed by atoms with Gasteiger partial charge in [-0.25, -0.2) is 9.48 Å². The van der Waals surface area contributed by atoms with Crippen molar-refractivity contribution >= 4 is 11.7 Å². The first-order valence-electron chi connectivity index (χ1n) is 8.15. The number of aromatic nitrogens is 3. The van der Waals surface area contributed by atoms with Crippen LogP contribution in [0.5, 0.6) is 0 Å². The Morgan fingerprint density at radius 3 is 2.44 bits per heavy atom. The highest BCUT2D eigenvalue weighted by molar-refractivity contribution is 5.89. The SMILES string of the molecule is Cc1cc(NC(=O)NC(C)c2ccn(-c3ccccc3)n2)cc(C)n1. The fraction of sp³-hybridized carbons (Fsp3) is 0.211. The summed E-state index contributed by atoms with van der Waals surface area (Å²) in [5.41, 5.74) is 4.23. The van der Waals surface area contributed by atoms with Crippen LogP contribution in [0.15, 0.2) is 54.7 Å². The molecule has 25 heavy (non-hydrogen) atoms. The van der Waals surface area contributed by atoms with Gasteiger partial charge in [-0.05, 0) is 51.1 Å². The molecular weight excluding hydrogens is 314 g/mol. The van der Waals surface area contributed by atoms with E-state index < -0.39 is 0 Å². The van der Waals surface area contributed by atoms with Gasteiger partial charge in [0.05, 0.1) is 17.4 Å². The van der Waals surface area contributed by atoms with Gasteiger partial charge in [0.1, 0.15) is 0 Å². The second kappa shape index (κ2) is 7.17. The van der Waals surface area contributed by atoms with Crippen LogP contribution in [0.25, 0.3) is 5.69 Å². The van der Waals surface area contributed by atoms with Crippen LogP contribution in [0.2, 0.25) is 0 Å². The van der Waals surface area contributed by atoms with Gasteiger partial charge in [0.25, 0.3) is 0 Å². The lowest BCUT2D eigenvalue weighted by Crippen LogP contribution is -2.31. The smallest absolute Gasteiger partial charge is 0.319 e. The van der Waals surface area contributed by atoms with E-state index in [2.05, 4.69) is 20.7 Å². The molecule has 2 aromatic heterocycles. The summed E-state index contributed by atoms with van der Waals surface area (Å²) < 4.78 is 1.79. The molecule has 128 valence electrons. The van der Waals surface area contributed by atoms with E-state index in [0.717, 1.165) is 28.5 Å². The molecule has 1 aromatic carbocycles. The molecule has 0 bridgehead atoms. The summed E-state index contributed by atoms with van der Waals surface area (Å²) in [4.78, 5) is 16.5. The first-order valence-corrected chi connectivity index (χ1v) is 8.15. The zero-order chi connectivity index (χ0) is 17.8. The fourth-order valence-electron chi connectivity index (χ4n) is 2.64. The lowest BCUT2D eigenvalue weighted by atomic mass is 10.2. The molecule has 6 heteroatoms. The van der Waals surface area contributed by atoms with Crippen molar-refractivity contribution < 1.29 is 4.79 Å². The average molecular weight is 335 g/mol. The largest absolute Gasteiger partial charge is 0.330 e. The highest BCUT2D eigenvalue weighted by atomic mass is 16.2. The lowest BCUT2D eigenvalue weighted by Gasteiger charge is -2.13. The Hall–Kier alpha value is -3.15. The Labute approximate surface area is 146 Å². The molecule has 0 aliphatic carbocycles. The summed E-state index contributed by atoms with van der Waals surface area (Å²) in [6, 6.07) is 14.9. The molecule has 3 rings (SSSR count). The van der Waals surface area contributed by atoms with Crippen LogP contribution in [0.4, 0.5) is 10.5 Å². The Bertz CT molecular complexity index is 852. The lowest BCUT2D eigenvalue weighted by molar-refractivity contribution is 0.249. The Kier molecular flexibility index (Phi) is 4.79. The Morgan fingerprint density at radius 1 is 1.08 bits per heavy atom. The maximum absolute atomic E-state index is 12.2. The van der Waals surface area contributed by atoms with Crippen molar-refractivity contribution in [1.82, 2.24) is 20.1 Å². The second-order valence-corrected chi connectivity index (χ2v) is 5.98. The summed E-state index contributed by atoms with van der Waals surface area (Å²) in [6.07, 6.45) is 1.89. The van der Waals surface area contributed by atoms with E-state index in [0.29, 0.717) is 0 Å². The molecule has 0 aliphatic rings. The third-order valence-corrected chi connectivity index (χ3v) is 3.76. The number of aryl methyl sites for hydroxylation is 2. The van der Waals surface area contributed by atoms with Crippen LogP contribution in [0.3, 0.4) is 0 Å². The van der Waals surface area contributed by atoms with Crippen LogP contribution >= 0.6 is 0 Å². The van der Waals surface area contributed by atoms with Gasteiger partial charge in [-0.1, -0.05) is 18.2 Å². The molecular formula is C19H21N5O. The third-order valence-electron chi connectivity index (χ3n) is 3.76. The molecule has 2 amide bonds. The number of hydrogen-bond donors (Lipinski definition) is 2. The number of pyridine rings is 1. The van der Waals surface area contributed by atoms with E-state index in [9.17, 15) is 4.79 Å². The van der Waals surface area contributed by atoms with Crippen LogP contribution in [-0.4, -0.2) is 20.8 Å². The van der Waals surface area contributed by atoms with Crippen molar-refractivity contribution in [2.24, 2.45) is 0 Å². The molecule has 1 unspecified atom stereocenters. The molecule has 0 fully saturated rings. The maximum atomic E-state index is 12.2. The Balaban J connectivity index is 1.65. The summed E-state index contributed by atoms with van der Waals surface area (Å²) in [5.74, 6) is 0. The molecule has 1 atom stereocenters. The standard InChI is InChI=1S/C19H21N5O/c1-13-11-16(12-14(2)20-13)22-19(25)21-15(3)18-9-10-24(23-18)17-7-5-4-6-8-17/h4-12,15H,1-3H3,(H2,20,21,22,25). The molecule has 0 radical (unpaired) electrons. The number of rotatable bonds is 4. The summed E-state index contributed by atoms with van der Waals surface area (Å²) in [6.45, 7) is 5.70. The fourth-order valence-corrected chi connectivity index (χ4v) is 2.64. The van der Waals surface area contributed by atoms with E-state index in [1.807, 2.05) is 75.5 Å². The van der Waals surface area contributed by atoms with Crippen molar-refractivity contribution in [2.45, 2.75) is 26.8 Å². The zero-order valence-electron chi connectivity index (χ0n) is 14.5. The highest BCUT2D eigenvalue weighted by Crippen LogP contribution is 2.14. The predicted octanol–water partition coefficient (Wildman–Crippen LogP) is 3.77. The van der Waals surface area contributed by atoms with Gasteiger partial charge < -0.3 is 10.6 Å². The van der Waals surface area contributed by atoms with Crippen molar-refractivity contribution in [3.8, 4) is 5.69 Å². The van der Waals surface area contributed by atoms with Gasteiger partial charge in [-0.2, -0.15) is 5.10 Å². The maximum Gasteiger partial charge on any atom is 0.319 e. The van der Waals surface area contributed by atoms with Crippen LogP contribution in [0, 0.1) is 13.8 Å². The summed E-state index contributed by atoms with van der Waals surface area (Å²) in [5, 5.41) is 10.3. The molecule has 0 saturated heterocycles. The molecule has 2 heterocycles. The van der Waals surface area contributed by atoms with Crippen molar-refractivity contribution in [3.63, 3.8) is 0 Å². The number of nitrogens with one attached hydrogen (secondary N) is 2. The number of benzene rings is 1. The number of hydrogen-bond acceptors (Lipinski definition) is 3. The van der Waals surface area contributed by atoms with Gasteiger partial charge in [0, 0.05) is 23.3 Å².